The van der Waals surface area contributed by atoms with Crippen LogP contribution in [0.3, 0.4) is 0 Å². The summed E-state index contributed by atoms with van der Waals surface area (Å²) < 4.78 is 7.26. The average Bonchev–Trinajstić information content (AvgIpc) is 3.39. The number of halogens is 1. The van der Waals surface area contributed by atoms with Crippen molar-refractivity contribution in [2.75, 3.05) is 6.61 Å². The third kappa shape index (κ3) is 5.47. The highest BCUT2D eigenvalue weighted by Gasteiger charge is 2.27. The van der Waals surface area contributed by atoms with E-state index in [2.05, 4.69) is 20.9 Å². The SMILES string of the molecule is O=C(COc1ccc(Cl)cc1)NC1CCC(n2cc(C(=O)NC3CC3)nn2)CC1. The van der Waals surface area contributed by atoms with E-state index in [9.17, 15) is 9.59 Å². The van der Waals surface area contributed by atoms with Crippen molar-refractivity contribution in [3.8, 4) is 5.75 Å². The maximum atomic E-state index is 12.1. The number of aromatic nitrogens is 3. The Morgan fingerprint density at radius 1 is 1.03 bits per heavy atom. The molecular weight excluding hydrogens is 394 g/mol. The molecule has 2 aliphatic rings. The van der Waals surface area contributed by atoms with Crippen LogP contribution in [0.1, 0.15) is 55.1 Å². The zero-order valence-electron chi connectivity index (χ0n) is 16.0. The lowest BCUT2D eigenvalue weighted by Gasteiger charge is -2.28. The molecule has 0 unspecified atom stereocenters. The highest BCUT2D eigenvalue weighted by atomic mass is 35.5. The predicted molar refractivity (Wildman–Crippen MR) is 107 cm³/mol. The number of hydrogen-bond acceptors (Lipinski definition) is 5. The lowest BCUT2D eigenvalue weighted by Crippen LogP contribution is -2.40. The van der Waals surface area contributed by atoms with Gasteiger partial charge in [0.2, 0.25) is 0 Å². The van der Waals surface area contributed by atoms with Gasteiger partial charge in [-0.05, 0) is 62.8 Å². The summed E-state index contributed by atoms with van der Waals surface area (Å²) >= 11 is 5.83. The van der Waals surface area contributed by atoms with Gasteiger partial charge < -0.3 is 15.4 Å². The highest BCUT2D eigenvalue weighted by Crippen LogP contribution is 2.28. The molecule has 0 bridgehead atoms. The molecule has 2 aliphatic carbocycles. The van der Waals surface area contributed by atoms with Gasteiger partial charge >= 0.3 is 0 Å². The van der Waals surface area contributed by atoms with Crippen LogP contribution in [0.4, 0.5) is 0 Å². The van der Waals surface area contributed by atoms with Gasteiger partial charge in [-0.1, -0.05) is 16.8 Å². The predicted octanol–water partition coefficient (Wildman–Crippen LogP) is 2.50. The molecule has 2 saturated carbocycles. The van der Waals surface area contributed by atoms with Crippen molar-refractivity contribution in [3.05, 3.63) is 41.2 Å². The van der Waals surface area contributed by atoms with Gasteiger partial charge in [0.15, 0.2) is 12.3 Å². The quantitative estimate of drug-likeness (QED) is 0.721. The summed E-state index contributed by atoms with van der Waals surface area (Å²) in [5, 5.41) is 14.7. The van der Waals surface area contributed by atoms with Crippen molar-refractivity contribution in [2.24, 2.45) is 0 Å². The summed E-state index contributed by atoms with van der Waals surface area (Å²) in [6.07, 6.45) is 7.25. The molecule has 29 heavy (non-hydrogen) atoms. The number of nitrogens with one attached hydrogen (secondary N) is 2. The van der Waals surface area contributed by atoms with Crippen molar-refractivity contribution in [1.29, 1.82) is 0 Å². The molecule has 1 heterocycles. The monoisotopic (exact) mass is 417 g/mol. The smallest absolute Gasteiger partial charge is 0.273 e. The van der Waals surface area contributed by atoms with Crippen LogP contribution in [0.15, 0.2) is 30.5 Å². The van der Waals surface area contributed by atoms with Gasteiger partial charge in [-0.15, -0.1) is 5.10 Å². The van der Waals surface area contributed by atoms with Gasteiger partial charge in [-0.25, -0.2) is 4.68 Å². The number of hydrogen-bond donors (Lipinski definition) is 2. The Labute approximate surface area is 173 Å². The van der Waals surface area contributed by atoms with Gasteiger partial charge in [-0.2, -0.15) is 0 Å². The summed E-state index contributed by atoms with van der Waals surface area (Å²) in [6.45, 7) is -0.0237. The molecule has 2 fully saturated rings. The normalized spacial score (nSPS) is 21.4. The Hall–Kier alpha value is -2.61. The van der Waals surface area contributed by atoms with E-state index >= 15 is 0 Å². The summed E-state index contributed by atoms with van der Waals surface area (Å²) in [7, 11) is 0. The summed E-state index contributed by atoms with van der Waals surface area (Å²) in [6, 6.07) is 7.53. The van der Waals surface area contributed by atoms with Crippen molar-refractivity contribution in [2.45, 2.75) is 56.7 Å². The van der Waals surface area contributed by atoms with Crippen LogP contribution in [-0.4, -0.2) is 45.5 Å². The molecule has 1 aromatic heterocycles. The zero-order valence-corrected chi connectivity index (χ0v) is 16.8. The van der Waals surface area contributed by atoms with Gasteiger partial charge in [0, 0.05) is 17.1 Å². The highest BCUT2D eigenvalue weighted by molar-refractivity contribution is 6.30. The standard InChI is InChI=1S/C20H24ClN5O3/c21-13-1-9-17(10-2-13)29-12-19(27)22-14-5-7-16(8-6-14)26-11-18(24-25-26)20(28)23-15-3-4-15/h1-2,9-11,14-16H,3-8,12H2,(H,22,27)(H,23,28). The number of rotatable bonds is 7. The maximum Gasteiger partial charge on any atom is 0.273 e. The Kier molecular flexibility index (Phi) is 5.99. The first-order valence-electron chi connectivity index (χ1n) is 9.97. The van der Waals surface area contributed by atoms with E-state index in [1.54, 1.807) is 35.1 Å². The molecule has 0 saturated heterocycles. The van der Waals surface area contributed by atoms with E-state index in [4.69, 9.17) is 16.3 Å². The Balaban J connectivity index is 1.20. The number of carbonyl (C=O) groups is 2. The second-order valence-corrected chi connectivity index (χ2v) is 8.08. The molecule has 0 atom stereocenters. The minimum absolute atomic E-state index is 0.0237. The van der Waals surface area contributed by atoms with Gasteiger partial charge in [-0.3, -0.25) is 9.59 Å². The fourth-order valence-corrected chi connectivity index (χ4v) is 3.61. The van der Waals surface area contributed by atoms with E-state index in [0.717, 1.165) is 38.5 Å². The number of amides is 2. The first-order valence-corrected chi connectivity index (χ1v) is 10.3. The van der Waals surface area contributed by atoms with Crippen LogP contribution < -0.4 is 15.4 Å². The summed E-state index contributed by atoms with van der Waals surface area (Å²) in [5.74, 6) is 0.324. The van der Waals surface area contributed by atoms with Crippen molar-refractivity contribution in [1.82, 2.24) is 25.6 Å². The number of nitrogens with zero attached hydrogens (tertiary/aromatic N) is 3. The van der Waals surface area contributed by atoms with E-state index in [-0.39, 0.29) is 30.5 Å². The molecule has 1 aromatic carbocycles. The summed E-state index contributed by atoms with van der Waals surface area (Å²) in [4.78, 5) is 24.2. The Morgan fingerprint density at radius 3 is 2.38 bits per heavy atom. The molecule has 0 spiro atoms. The van der Waals surface area contributed by atoms with Crippen molar-refractivity contribution >= 4 is 23.4 Å². The van der Waals surface area contributed by atoms with Gasteiger partial charge in [0.1, 0.15) is 5.75 Å². The minimum Gasteiger partial charge on any atom is -0.484 e. The lowest BCUT2D eigenvalue weighted by molar-refractivity contribution is -0.124. The van der Waals surface area contributed by atoms with E-state index < -0.39 is 0 Å². The molecule has 154 valence electrons. The van der Waals surface area contributed by atoms with Crippen LogP contribution in [0.5, 0.6) is 5.75 Å². The Bertz CT molecular complexity index is 857. The molecule has 2 N–H and O–H groups in total. The zero-order chi connectivity index (χ0) is 20.2. The number of carbonyl (C=O) groups excluding carboxylic acids is 2. The molecule has 8 nitrogen and oxygen atoms in total. The minimum atomic E-state index is -0.152. The third-order valence-corrected chi connectivity index (χ3v) is 5.53. The second kappa shape index (κ2) is 8.82. The fraction of sp³-hybridized carbons (Fsp3) is 0.500. The fourth-order valence-electron chi connectivity index (χ4n) is 3.48. The molecular formula is C20H24ClN5O3. The van der Waals surface area contributed by atoms with Crippen LogP contribution in [0.2, 0.25) is 5.02 Å². The lowest BCUT2D eigenvalue weighted by atomic mass is 9.91. The molecule has 2 amide bonds. The molecule has 0 aliphatic heterocycles. The van der Waals surface area contributed by atoms with Gasteiger partial charge in [0.05, 0.1) is 12.2 Å². The van der Waals surface area contributed by atoms with Crippen molar-refractivity contribution in [3.63, 3.8) is 0 Å². The first-order chi connectivity index (χ1) is 14.1. The number of ether oxygens (including phenoxy) is 1. The largest absolute Gasteiger partial charge is 0.484 e. The molecule has 2 aromatic rings. The van der Waals surface area contributed by atoms with E-state index in [1.807, 2.05) is 0 Å². The average molecular weight is 418 g/mol. The molecule has 9 heteroatoms. The number of benzene rings is 1. The Morgan fingerprint density at radius 2 is 1.69 bits per heavy atom. The molecule has 4 rings (SSSR count). The molecule has 0 radical (unpaired) electrons. The third-order valence-electron chi connectivity index (χ3n) is 5.28. The van der Waals surface area contributed by atoms with Crippen LogP contribution in [-0.2, 0) is 4.79 Å². The van der Waals surface area contributed by atoms with E-state index in [0.29, 0.717) is 22.5 Å². The maximum absolute atomic E-state index is 12.1. The van der Waals surface area contributed by atoms with Crippen LogP contribution >= 0.6 is 11.6 Å². The van der Waals surface area contributed by atoms with Crippen LogP contribution in [0, 0.1) is 0 Å². The topological polar surface area (TPSA) is 98.1 Å². The first kappa shape index (κ1) is 19.7. The van der Waals surface area contributed by atoms with Crippen LogP contribution in [0.25, 0.3) is 0 Å². The van der Waals surface area contributed by atoms with Gasteiger partial charge in [0.25, 0.3) is 11.8 Å². The van der Waals surface area contributed by atoms with Crippen molar-refractivity contribution < 1.29 is 14.3 Å². The second-order valence-electron chi connectivity index (χ2n) is 7.65. The summed E-state index contributed by atoms with van der Waals surface area (Å²) in [5.41, 5.74) is 0.367. The van der Waals surface area contributed by atoms with E-state index in [1.165, 1.54) is 0 Å².